The second-order valence-electron chi connectivity index (χ2n) is 9.57. The molecule has 0 aliphatic carbocycles. The molecule has 0 radical (unpaired) electrons. The van der Waals surface area contributed by atoms with E-state index in [4.69, 9.17) is 9.26 Å². The fraction of sp³-hybridized carbons (Fsp3) is 0.429. The molecule has 0 saturated carbocycles. The molecular weight excluding hydrogens is 569 g/mol. The van der Waals surface area contributed by atoms with E-state index in [1.807, 2.05) is 55.3 Å². The molecule has 3 aromatic rings. The Morgan fingerprint density at radius 2 is 1.80 bits per heavy atom. The minimum Gasteiger partial charge on any atom is -0.497 e. The van der Waals surface area contributed by atoms with Crippen molar-refractivity contribution in [2.24, 2.45) is 0 Å². The first kappa shape index (κ1) is 33.8. The first-order valence-electron chi connectivity index (χ1n) is 13.1. The molecule has 0 fully saturated rings. The minimum atomic E-state index is -0.163. The van der Waals surface area contributed by atoms with Gasteiger partial charge in [0.25, 0.3) is 5.91 Å². The van der Waals surface area contributed by atoms with Crippen LogP contribution < -0.4 is 20.3 Å². The molecule has 2 N–H and O–H groups in total. The number of nitrogens with one attached hydrogen (secondary N) is 2. The van der Waals surface area contributed by atoms with Gasteiger partial charge in [-0.3, -0.25) is 14.6 Å². The van der Waals surface area contributed by atoms with Gasteiger partial charge in [-0.1, -0.05) is 30.3 Å². The molecule has 2 aromatic carbocycles. The molecule has 11 nitrogen and oxygen atoms in total. The lowest BCUT2D eigenvalue weighted by atomic mass is 10.1. The first-order chi connectivity index (χ1) is 18.8. The standard InChI is InChI=1S/C28H37N7O4.2ClH/c1-6-29-11-12-30-26(36)17-34(25-14-21(8-7-19(25)2)28-31-20(3)39-32-28)18-27(37)33(4)35-15-22-9-10-24(38-5)13-23(22)16-35;;/h7-10,13-14,29H,6,11-12,15-18H2,1-5H3,(H,30,36);2*1H. The van der Waals surface area contributed by atoms with Crippen molar-refractivity contribution in [2.45, 2.75) is 33.9 Å². The van der Waals surface area contributed by atoms with Crippen molar-refractivity contribution >= 4 is 42.3 Å². The number of likely N-dealkylation sites (N-methyl/N-ethyl adjacent to an activating group) is 2. The van der Waals surface area contributed by atoms with Crippen LogP contribution in [0.2, 0.25) is 0 Å². The predicted molar refractivity (Wildman–Crippen MR) is 162 cm³/mol. The van der Waals surface area contributed by atoms with E-state index in [2.05, 4.69) is 20.8 Å². The first-order valence-corrected chi connectivity index (χ1v) is 13.1. The van der Waals surface area contributed by atoms with Crippen molar-refractivity contribution in [1.82, 2.24) is 30.8 Å². The topological polar surface area (TPSA) is 116 Å². The van der Waals surface area contributed by atoms with Crippen LogP contribution in [0, 0.1) is 13.8 Å². The third-order valence-electron chi connectivity index (χ3n) is 6.77. The van der Waals surface area contributed by atoms with E-state index in [-0.39, 0.29) is 49.7 Å². The molecule has 41 heavy (non-hydrogen) atoms. The van der Waals surface area contributed by atoms with E-state index < -0.39 is 0 Å². The summed E-state index contributed by atoms with van der Waals surface area (Å²) in [6.45, 7) is 8.98. The molecule has 0 bridgehead atoms. The fourth-order valence-electron chi connectivity index (χ4n) is 4.54. The van der Waals surface area contributed by atoms with Gasteiger partial charge in [-0.05, 0) is 48.4 Å². The highest BCUT2D eigenvalue weighted by Crippen LogP contribution is 2.29. The fourth-order valence-corrected chi connectivity index (χ4v) is 4.54. The summed E-state index contributed by atoms with van der Waals surface area (Å²) < 4.78 is 10.5. The highest BCUT2D eigenvalue weighted by atomic mass is 35.5. The second kappa shape index (κ2) is 15.6. The number of halogens is 2. The maximum atomic E-state index is 13.6. The van der Waals surface area contributed by atoms with Gasteiger partial charge in [-0.25, -0.2) is 5.01 Å². The Hall–Kier alpha value is -3.38. The average Bonchev–Trinajstić information content (AvgIpc) is 3.56. The number of nitrogens with zero attached hydrogens (tertiary/aromatic N) is 5. The molecule has 0 unspecified atom stereocenters. The summed E-state index contributed by atoms with van der Waals surface area (Å²) in [7, 11) is 3.41. The molecule has 0 spiro atoms. The number of anilines is 1. The SMILES string of the molecule is CCNCCNC(=O)CN(CC(=O)N(C)N1Cc2ccc(OC)cc2C1)c1cc(-c2noc(C)n2)ccc1C.Cl.Cl. The number of hydrogen-bond donors (Lipinski definition) is 2. The molecule has 1 aliphatic heterocycles. The number of methoxy groups -OCH3 is 1. The maximum absolute atomic E-state index is 13.6. The third kappa shape index (κ3) is 8.56. The number of aryl methyl sites for hydroxylation is 2. The normalized spacial score (nSPS) is 12.1. The largest absolute Gasteiger partial charge is 0.497 e. The zero-order valence-electron chi connectivity index (χ0n) is 24.1. The number of amides is 2. The summed E-state index contributed by atoms with van der Waals surface area (Å²) in [5.74, 6) is 1.42. The van der Waals surface area contributed by atoms with Crippen LogP contribution >= 0.6 is 24.8 Å². The monoisotopic (exact) mass is 607 g/mol. The molecule has 224 valence electrons. The van der Waals surface area contributed by atoms with Gasteiger partial charge >= 0.3 is 0 Å². The van der Waals surface area contributed by atoms with E-state index in [1.165, 1.54) is 0 Å². The van der Waals surface area contributed by atoms with Gasteiger partial charge in [0, 0.05) is 51.4 Å². The minimum absolute atomic E-state index is 0. The van der Waals surface area contributed by atoms with Gasteiger partial charge in [-0.2, -0.15) is 4.98 Å². The van der Waals surface area contributed by atoms with Gasteiger partial charge in [0.15, 0.2) is 0 Å². The van der Waals surface area contributed by atoms with Gasteiger partial charge in [0.2, 0.25) is 17.6 Å². The quantitative estimate of drug-likeness (QED) is 0.299. The van der Waals surface area contributed by atoms with E-state index in [9.17, 15) is 9.59 Å². The van der Waals surface area contributed by atoms with Crippen molar-refractivity contribution in [1.29, 1.82) is 0 Å². The number of fused-ring (bicyclic) bond motifs is 1. The average molecular weight is 609 g/mol. The molecule has 13 heteroatoms. The van der Waals surface area contributed by atoms with E-state index in [1.54, 1.807) is 31.0 Å². The Kier molecular flexibility index (Phi) is 12.8. The lowest BCUT2D eigenvalue weighted by Crippen LogP contribution is -2.48. The Labute approximate surface area is 253 Å². The molecule has 1 aromatic heterocycles. The van der Waals surface area contributed by atoms with E-state index in [0.29, 0.717) is 37.9 Å². The zero-order chi connectivity index (χ0) is 27.9. The van der Waals surface area contributed by atoms with Crippen LogP contribution in [0.1, 0.15) is 29.5 Å². The number of benzene rings is 2. The number of ether oxygens (including phenoxy) is 1. The van der Waals surface area contributed by atoms with Crippen molar-refractivity contribution in [2.75, 3.05) is 51.8 Å². The molecule has 1 aliphatic rings. The van der Waals surface area contributed by atoms with E-state index >= 15 is 0 Å². The highest BCUT2D eigenvalue weighted by Gasteiger charge is 2.27. The number of hydrogen-bond acceptors (Lipinski definition) is 9. The molecule has 2 amide bonds. The summed E-state index contributed by atoms with van der Waals surface area (Å²) in [6.07, 6.45) is 0. The van der Waals surface area contributed by atoms with Crippen LogP contribution in [0.4, 0.5) is 5.69 Å². The van der Waals surface area contributed by atoms with Gasteiger partial charge in [-0.15, -0.1) is 24.8 Å². The van der Waals surface area contributed by atoms with Crippen LogP contribution in [0.25, 0.3) is 11.4 Å². The summed E-state index contributed by atoms with van der Waals surface area (Å²) in [5, 5.41) is 13.8. The Balaban J connectivity index is 0.00000294. The third-order valence-corrected chi connectivity index (χ3v) is 6.77. The number of carbonyl (C=O) groups excluding carboxylic acids is 2. The summed E-state index contributed by atoms with van der Waals surface area (Å²) in [4.78, 5) is 32.6. The van der Waals surface area contributed by atoms with Crippen LogP contribution in [-0.2, 0) is 22.7 Å². The van der Waals surface area contributed by atoms with Gasteiger partial charge in [0.05, 0.1) is 20.2 Å². The second-order valence-corrected chi connectivity index (χ2v) is 9.57. The lowest BCUT2D eigenvalue weighted by Gasteiger charge is -2.32. The van der Waals surface area contributed by atoms with Gasteiger partial charge < -0.3 is 24.8 Å². The predicted octanol–water partition coefficient (Wildman–Crippen LogP) is 3.13. The number of hydrazine groups is 1. The van der Waals surface area contributed by atoms with Crippen LogP contribution in [-0.4, -0.2) is 78.9 Å². The smallest absolute Gasteiger partial charge is 0.256 e. The summed E-state index contributed by atoms with van der Waals surface area (Å²) in [6, 6.07) is 11.7. The van der Waals surface area contributed by atoms with Crippen molar-refractivity contribution in [3.63, 3.8) is 0 Å². The Morgan fingerprint density at radius 1 is 1.05 bits per heavy atom. The molecule has 0 atom stereocenters. The molecule has 4 rings (SSSR count). The van der Waals surface area contributed by atoms with E-state index in [0.717, 1.165) is 40.2 Å². The lowest BCUT2D eigenvalue weighted by molar-refractivity contribution is -0.145. The Bertz CT molecular complexity index is 1320. The highest BCUT2D eigenvalue weighted by molar-refractivity contribution is 5.87. The number of aromatic nitrogens is 2. The molecule has 2 heterocycles. The number of rotatable bonds is 12. The van der Waals surface area contributed by atoms with Gasteiger partial charge in [0.1, 0.15) is 5.75 Å². The zero-order valence-corrected chi connectivity index (χ0v) is 25.7. The van der Waals surface area contributed by atoms with Crippen molar-refractivity contribution in [3.05, 3.63) is 59.0 Å². The van der Waals surface area contributed by atoms with Crippen LogP contribution in [0.3, 0.4) is 0 Å². The van der Waals surface area contributed by atoms with Crippen molar-refractivity contribution in [3.8, 4) is 17.1 Å². The number of carbonyl (C=O) groups is 2. The molecular formula is C28H39Cl2N7O4. The summed E-state index contributed by atoms with van der Waals surface area (Å²) >= 11 is 0. The van der Waals surface area contributed by atoms with Crippen LogP contribution in [0.15, 0.2) is 40.9 Å². The summed E-state index contributed by atoms with van der Waals surface area (Å²) in [5.41, 5.74) is 4.72. The van der Waals surface area contributed by atoms with Crippen molar-refractivity contribution < 1.29 is 18.8 Å². The maximum Gasteiger partial charge on any atom is 0.256 e. The van der Waals surface area contributed by atoms with Crippen LogP contribution in [0.5, 0.6) is 5.75 Å². The Morgan fingerprint density at radius 3 is 2.49 bits per heavy atom. The molecule has 0 saturated heterocycles.